The van der Waals surface area contributed by atoms with Gasteiger partial charge in [-0.2, -0.15) is 0 Å². The minimum absolute atomic E-state index is 0. The van der Waals surface area contributed by atoms with Gasteiger partial charge in [-0.1, -0.05) is 0 Å². The van der Waals surface area contributed by atoms with Crippen LogP contribution < -0.4 is 33.5 Å². The first-order valence-electron chi connectivity index (χ1n) is 6.47. The van der Waals surface area contributed by atoms with Gasteiger partial charge >= 0.3 is 0 Å². The molecule has 2 aliphatic heterocycles. The van der Waals surface area contributed by atoms with Gasteiger partial charge in [-0.05, 0) is 37.5 Å². The van der Waals surface area contributed by atoms with E-state index in [0.717, 1.165) is 18.0 Å². The summed E-state index contributed by atoms with van der Waals surface area (Å²) in [5.41, 5.74) is 1.36. The predicted octanol–water partition coefficient (Wildman–Crippen LogP) is -0.450. The van der Waals surface area contributed by atoms with Crippen molar-refractivity contribution in [3.05, 3.63) is 23.8 Å². The number of quaternary nitrogens is 1. The molecule has 1 saturated heterocycles. The minimum atomic E-state index is 0. The summed E-state index contributed by atoms with van der Waals surface area (Å²) in [6.07, 6.45) is 4.12. The second-order valence-electron chi connectivity index (χ2n) is 5.47. The summed E-state index contributed by atoms with van der Waals surface area (Å²) in [6.45, 7) is 4.07. The Bertz CT molecular complexity index is 416. The van der Waals surface area contributed by atoms with Gasteiger partial charge < -0.3 is 37.9 Å². The lowest BCUT2D eigenvalue weighted by atomic mass is 10.1. The van der Waals surface area contributed by atoms with E-state index < -0.39 is 0 Å². The predicted molar refractivity (Wildman–Crippen MR) is 66.0 cm³/mol. The third kappa shape index (κ3) is 2.91. The van der Waals surface area contributed by atoms with Gasteiger partial charge in [0.15, 0.2) is 11.5 Å². The van der Waals surface area contributed by atoms with Crippen LogP contribution in [0.4, 0.5) is 0 Å². The molecule has 0 bridgehead atoms. The molecule has 18 heavy (non-hydrogen) atoms. The number of hydrogen-bond donors (Lipinski definition) is 0. The highest BCUT2D eigenvalue weighted by Gasteiger charge is 2.25. The number of hydrogen-bond acceptors (Lipinski definition) is 2. The molecule has 0 amide bonds. The fourth-order valence-corrected chi connectivity index (χ4v) is 2.91. The molecular weight excluding hydrogens is 341 g/mol. The van der Waals surface area contributed by atoms with E-state index in [1.165, 1.54) is 42.4 Å². The highest BCUT2D eigenvalue weighted by molar-refractivity contribution is 5.44. The van der Waals surface area contributed by atoms with Crippen molar-refractivity contribution in [2.24, 2.45) is 0 Å². The number of halogens is 1. The Morgan fingerprint density at radius 1 is 1.06 bits per heavy atom. The van der Waals surface area contributed by atoms with Crippen LogP contribution in [0.1, 0.15) is 24.8 Å². The molecule has 2 heterocycles. The van der Waals surface area contributed by atoms with Crippen LogP contribution in [-0.4, -0.2) is 31.4 Å². The quantitative estimate of drug-likeness (QED) is 0.525. The Kier molecular flexibility index (Phi) is 4.37. The summed E-state index contributed by atoms with van der Waals surface area (Å²) in [7, 11) is 2.36. The van der Waals surface area contributed by atoms with Crippen LogP contribution in [0.3, 0.4) is 0 Å². The van der Waals surface area contributed by atoms with Crippen molar-refractivity contribution in [1.82, 2.24) is 0 Å². The third-order valence-electron chi connectivity index (χ3n) is 3.90. The van der Waals surface area contributed by atoms with Crippen LogP contribution in [-0.2, 0) is 6.54 Å². The number of fused-ring (bicyclic) bond motifs is 1. The monoisotopic (exact) mass is 361 g/mol. The molecule has 0 atom stereocenters. The number of nitrogens with zero attached hydrogens (tertiary/aromatic N) is 1. The SMILES string of the molecule is C[N+]1(Cc2ccc3c(c2)OCO3)CCCCC1.[I-]. The summed E-state index contributed by atoms with van der Waals surface area (Å²) in [5.74, 6) is 1.79. The number of piperidine rings is 1. The summed E-state index contributed by atoms with van der Waals surface area (Å²) in [4.78, 5) is 0. The average molecular weight is 361 g/mol. The third-order valence-corrected chi connectivity index (χ3v) is 3.90. The number of likely N-dealkylation sites (tertiary alicyclic amines) is 1. The Labute approximate surface area is 126 Å². The maximum atomic E-state index is 5.43. The molecule has 3 rings (SSSR count). The molecule has 0 aliphatic carbocycles. The fourth-order valence-electron chi connectivity index (χ4n) is 2.91. The molecule has 1 aromatic rings. The van der Waals surface area contributed by atoms with E-state index in [2.05, 4.69) is 19.2 Å². The molecule has 0 aromatic heterocycles. The van der Waals surface area contributed by atoms with Gasteiger partial charge in [-0.25, -0.2) is 0 Å². The summed E-state index contributed by atoms with van der Waals surface area (Å²) in [6, 6.07) is 6.35. The molecule has 1 aromatic carbocycles. The first-order chi connectivity index (χ1) is 8.25. The molecule has 0 radical (unpaired) electrons. The van der Waals surface area contributed by atoms with Gasteiger partial charge in [0.1, 0.15) is 6.54 Å². The number of benzene rings is 1. The lowest BCUT2D eigenvalue weighted by Crippen LogP contribution is -3.00. The summed E-state index contributed by atoms with van der Waals surface area (Å²) in [5, 5.41) is 0. The van der Waals surface area contributed by atoms with E-state index in [-0.39, 0.29) is 24.0 Å². The largest absolute Gasteiger partial charge is 1.00 e. The zero-order valence-corrected chi connectivity index (χ0v) is 13.0. The lowest BCUT2D eigenvalue weighted by molar-refractivity contribution is -0.926. The van der Waals surface area contributed by atoms with Gasteiger partial charge in [-0.3, -0.25) is 0 Å². The summed E-state index contributed by atoms with van der Waals surface area (Å²) >= 11 is 0. The highest BCUT2D eigenvalue weighted by atomic mass is 127. The Morgan fingerprint density at radius 2 is 1.78 bits per heavy atom. The standard InChI is InChI=1S/C14H20NO2.HI/c1-15(7-3-2-4-8-15)10-12-5-6-13-14(9-12)17-11-16-13;/h5-6,9H,2-4,7-8,10-11H2,1H3;1H/q+1;/p-1. The van der Waals surface area contributed by atoms with E-state index >= 15 is 0 Å². The van der Waals surface area contributed by atoms with Gasteiger partial charge in [-0.15, -0.1) is 0 Å². The molecule has 0 N–H and O–H groups in total. The van der Waals surface area contributed by atoms with E-state index in [9.17, 15) is 0 Å². The zero-order chi connectivity index (χ0) is 11.7. The highest BCUT2D eigenvalue weighted by Crippen LogP contribution is 2.33. The van der Waals surface area contributed by atoms with Gasteiger partial charge in [0.25, 0.3) is 0 Å². The molecule has 1 fully saturated rings. The van der Waals surface area contributed by atoms with Gasteiger partial charge in [0.2, 0.25) is 6.79 Å². The van der Waals surface area contributed by atoms with Crippen molar-refractivity contribution < 1.29 is 37.9 Å². The molecule has 0 spiro atoms. The summed E-state index contributed by atoms with van der Waals surface area (Å²) < 4.78 is 11.9. The average Bonchev–Trinajstić information content (AvgIpc) is 2.76. The van der Waals surface area contributed by atoms with Crippen LogP contribution in [0.15, 0.2) is 18.2 Å². The maximum Gasteiger partial charge on any atom is 0.231 e. The number of ether oxygens (including phenoxy) is 2. The Morgan fingerprint density at radius 3 is 2.56 bits per heavy atom. The van der Waals surface area contributed by atoms with Crippen molar-refractivity contribution in [2.45, 2.75) is 25.8 Å². The molecule has 100 valence electrons. The molecule has 4 heteroatoms. The van der Waals surface area contributed by atoms with E-state index in [1.807, 2.05) is 6.07 Å². The van der Waals surface area contributed by atoms with Gasteiger partial charge in [0, 0.05) is 5.56 Å². The first kappa shape index (κ1) is 13.9. The van der Waals surface area contributed by atoms with Gasteiger partial charge in [0.05, 0.1) is 20.1 Å². The van der Waals surface area contributed by atoms with Crippen molar-refractivity contribution in [3.8, 4) is 11.5 Å². The Hall–Kier alpha value is -0.490. The normalized spacial score (nSPS) is 20.3. The Balaban J connectivity index is 0.00000120. The molecule has 2 aliphatic rings. The first-order valence-corrected chi connectivity index (χ1v) is 6.47. The molecular formula is C14H20INO2. The van der Waals surface area contributed by atoms with Crippen LogP contribution in [0.2, 0.25) is 0 Å². The van der Waals surface area contributed by atoms with Crippen molar-refractivity contribution in [1.29, 1.82) is 0 Å². The smallest absolute Gasteiger partial charge is 0.231 e. The second-order valence-corrected chi connectivity index (χ2v) is 5.47. The molecule has 0 unspecified atom stereocenters. The van der Waals surface area contributed by atoms with Crippen LogP contribution in [0, 0.1) is 0 Å². The van der Waals surface area contributed by atoms with Crippen LogP contribution >= 0.6 is 0 Å². The second kappa shape index (κ2) is 5.65. The lowest BCUT2D eigenvalue weighted by Gasteiger charge is -2.37. The maximum absolute atomic E-state index is 5.43. The minimum Gasteiger partial charge on any atom is -1.00 e. The van der Waals surface area contributed by atoms with Crippen LogP contribution in [0.25, 0.3) is 0 Å². The topological polar surface area (TPSA) is 18.5 Å². The van der Waals surface area contributed by atoms with E-state index in [1.54, 1.807) is 0 Å². The zero-order valence-electron chi connectivity index (χ0n) is 10.8. The molecule has 3 nitrogen and oxygen atoms in total. The van der Waals surface area contributed by atoms with Crippen molar-refractivity contribution in [2.75, 3.05) is 26.9 Å². The number of rotatable bonds is 2. The molecule has 0 saturated carbocycles. The van der Waals surface area contributed by atoms with E-state index in [4.69, 9.17) is 9.47 Å². The van der Waals surface area contributed by atoms with Crippen LogP contribution in [0.5, 0.6) is 11.5 Å². The van der Waals surface area contributed by atoms with Crippen molar-refractivity contribution in [3.63, 3.8) is 0 Å². The van der Waals surface area contributed by atoms with E-state index in [0.29, 0.717) is 6.79 Å². The fraction of sp³-hybridized carbons (Fsp3) is 0.571. The van der Waals surface area contributed by atoms with Crippen molar-refractivity contribution >= 4 is 0 Å².